The third-order valence-electron chi connectivity index (χ3n) is 8.74. The van der Waals surface area contributed by atoms with E-state index < -0.39 is 6.10 Å². The van der Waals surface area contributed by atoms with Crippen molar-refractivity contribution in [1.82, 2.24) is 14.8 Å². The average molecular weight is 448 g/mol. The molecule has 1 unspecified atom stereocenters. The number of aliphatic hydroxyl groups excluding tert-OH is 1. The molecule has 2 aromatic rings. The second kappa shape index (κ2) is 7.83. The Morgan fingerprint density at radius 3 is 2.76 bits per heavy atom. The molecule has 0 saturated carbocycles. The highest BCUT2D eigenvalue weighted by molar-refractivity contribution is 5.61. The number of pyridine rings is 1. The summed E-state index contributed by atoms with van der Waals surface area (Å²) in [5, 5.41) is 20.6. The second-order valence-corrected chi connectivity index (χ2v) is 10.4. The van der Waals surface area contributed by atoms with Gasteiger partial charge in [0.1, 0.15) is 12.2 Å². The number of nitrogens with zero attached hydrogens (tertiary/aromatic N) is 3. The quantitative estimate of drug-likeness (QED) is 0.655. The lowest BCUT2D eigenvalue weighted by atomic mass is 9.53. The van der Waals surface area contributed by atoms with Crippen LogP contribution in [0.15, 0.2) is 48.8 Å². The van der Waals surface area contributed by atoms with Crippen molar-refractivity contribution >= 4 is 0 Å². The molecule has 6 nitrogen and oxygen atoms in total. The second-order valence-electron chi connectivity index (χ2n) is 10.4. The molecule has 4 heterocycles. The molecule has 3 aliphatic heterocycles. The van der Waals surface area contributed by atoms with Gasteiger partial charge in [-0.05, 0) is 76.1 Å². The van der Waals surface area contributed by atoms with E-state index in [0.717, 1.165) is 19.4 Å². The molecule has 1 aromatic carbocycles. The molecule has 2 N–H and O–H groups in total. The Bertz CT molecular complexity index is 1070. The number of ether oxygens (including phenoxy) is 1. The van der Waals surface area contributed by atoms with Gasteiger partial charge in [0.05, 0.1) is 0 Å². The van der Waals surface area contributed by atoms with Gasteiger partial charge in [0, 0.05) is 41.4 Å². The fourth-order valence-corrected chi connectivity index (χ4v) is 7.14. The molecule has 2 bridgehead atoms. The summed E-state index contributed by atoms with van der Waals surface area (Å²) in [5.41, 5.74) is 3.65. The summed E-state index contributed by atoms with van der Waals surface area (Å²) in [4.78, 5) is 8.97. The van der Waals surface area contributed by atoms with Crippen LogP contribution >= 0.6 is 0 Å². The molecule has 2 aliphatic carbocycles. The lowest BCUT2D eigenvalue weighted by molar-refractivity contribution is -0.0453. The van der Waals surface area contributed by atoms with Gasteiger partial charge in [-0.1, -0.05) is 24.3 Å². The van der Waals surface area contributed by atoms with E-state index in [9.17, 15) is 10.2 Å². The van der Waals surface area contributed by atoms with Gasteiger partial charge < -0.3 is 19.8 Å². The van der Waals surface area contributed by atoms with Crippen LogP contribution in [0.2, 0.25) is 0 Å². The SMILES string of the molecule is CN1CCCC1c1cccnc1.CN1CC[C@]23c4c5ccc(O)c4O[C@H]2[C@@H](O)C=C[C@H]3[C@H]1C5. The van der Waals surface area contributed by atoms with Gasteiger partial charge in [0.15, 0.2) is 11.5 Å². The Kier molecular flexibility index (Phi) is 5.02. The highest BCUT2D eigenvalue weighted by atomic mass is 16.5. The monoisotopic (exact) mass is 447 g/mol. The van der Waals surface area contributed by atoms with E-state index in [1.807, 2.05) is 30.6 Å². The molecule has 1 aromatic heterocycles. The fraction of sp³-hybridized carbons (Fsp3) is 0.519. The van der Waals surface area contributed by atoms with Crippen molar-refractivity contribution in [2.24, 2.45) is 5.92 Å². The molecule has 174 valence electrons. The van der Waals surface area contributed by atoms with Crippen molar-refractivity contribution in [1.29, 1.82) is 0 Å². The van der Waals surface area contributed by atoms with Crippen LogP contribution < -0.4 is 4.74 Å². The molecule has 0 amide bonds. The Morgan fingerprint density at radius 2 is 2.00 bits per heavy atom. The Balaban J connectivity index is 0.000000147. The van der Waals surface area contributed by atoms with Gasteiger partial charge in [0.2, 0.25) is 0 Å². The number of aliphatic hydroxyl groups is 1. The number of piperidine rings is 1. The fourth-order valence-electron chi connectivity index (χ4n) is 7.14. The van der Waals surface area contributed by atoms with E-state index in [0.29, 0.717) is 23.8 Å². The largest absolute Gasteiger partial charge is 0.504 e. The van der Waals surface area contributed by atoms with E-state index in [2.05, 4.69) is 41.0 Å². The molecule has 7 rings (SSSR count). The van der Waals surface area contributed by atoms with Crippen LogP contribution in [-0.4, -0.2) is 70.4 Å². The van der Waals surface area contributed by atoms with Crippen LogP contribution in [0, 0.1) is 5.92 Å². The van der Waals surface area contributed by atoms with Crippen molar-refractivity contribution < 1.29 is 14.9 Å². The Morgan fingerprint density at radius 1 is 1.12 bits per heavy atom. The first-order chi connectivity index (χ1) is 16.0. The lowest BCUT2D eigenvalue weighted by Gasteiger charge is -2.56. The number of hydrogen-bond donors (Lipinski definition) is 2. The van der Waals surface area contributed by atoms with Crippen LogP contribution in [0.1, 0.15) is 42.0 Å². The molecule has 1 spiro atoms. The normalized spacial score (nSPS) is 36.0. The summed E-state index contributed by atoms with van der Waals surface area (Å²) in [6.07, 6.45) is 11.6. The van der Waals surface area contributed by atoms with E-state index in [4.69, 9.17) is 4.74 Å². The van der Waals surface area contributed by atoms with Crippen LogP contribution in [0.3, 0.4) is 0 Å². The maximum atomic E-state index is 10.4. The number of hydrogen-bond acceptors (Lipinski definition) is 6. The summed E-state index contributed by atoms with van der Waals surface area (Å²) >= 11 is 0. The molecular formula is C27H33N3O3. The van der Waals surface area contributed by atoms with E-state index in [1.54, 1.807) is 6.07 Å². The summed E-state index contributed by atoms with van der Waals surface area (Å²) in [6.45, 7) is 2.23. The topological polar surface area (TPSA) is 69.1 Å². The number of rotatable bonds is 1. The van der Waals surface area contributed by atoms with Crippen LogP contribution in [0.5, 0.6) is 11.5 Å². The highest BCUT2D eigenvalue weighted by Gasteiger charge is 2.64. The molecule has 0 radical (unpaired) electrons. The Labute approximate surface area is 195 Å². The average Bonchev–Trinajstić information content (AvgIpc) is 3.41. The molecule has 33 heavy (non-hydrogen) atoms. The Hall–Kier alpha value is -2.41. The first kappa shape index (κ1) is 21.1. The van der Waals surface area contributed by atoms with Gasteiger partial charge >= 0.3 is 0 Å². The minimum absolute atomic E-state index is 0.160. The zero-order chi connectivity index (χ0) is 22.7. The van der Waals surface area contributed by atoms with Crippen molar-refractivity contribution in [3.63, 3.8) is 0 Å². The lowest BCUT2D eigenvalue weighted by Crippen LogP contribution is -2.64. The number of phenols is 1. The van der Waals surface area contributed by atoms with Gasteiger partial charge in [-0.15, -0.1) is 0 Å². The summed E-state index contributed by atoms with van der Waals surface area (Å²) in [7, 11) is 4.37. The van der Waals surface area contributed by atoms with Crippen molar-refractivity contribution in [2.75, 3.05) is 27.2 Å². The summed E-state index contributed by atoms with van der Waals surface area (Å²) in [6, 6.07) is 9.02. The van der Waals surface area contributed by atoms with Crippen molar-refractivity contribution in [3.8, 4) is 11.5 Å². The van der Waals surface area contributed by atoms with Gasteiger partial charge in [-0.3, -0.25) is 9.88 Å². The summed E-state index contributed by atoms with van der Waals surface area (Å²) < 4.78 is 6.09. The number of aromatic hydroxyl groups is 1. The third kappa shape index (κ3) is 3.07. The zero-order valence-electron chi connectivity index (χ0n) is 19.4. The maximum absolute atomic E-state index is 10.4. The minimum Gasteiger partial charge on any atom is -0.504 e. The number of phenolic OH excluding ortho intramolecular Hbond substituents is 1. The van der Waals surface area contributed by atoms with Gasteiger partial charge in [-0.2, -0.15) is 0 Å². The smallest absolute Gasteiger partial charge is 0.165 e. The maximum Gasteiger partial charge on any atom is 0.165 e. The highest BCUT2D eigenvalue weighted by Crippen LogP contribution is 2.62. The number of aromatic nitrogens is 1. The van der Waals surface area contributed by atoms with Crippen LogP contribution in [-0.2, 0) is 11.8 Å². The molecule has 6 atom stereocenters. The predicted octanol–water partition coefficient (Wildman–Crippen LogP) is 3.05. The van der Waals surface area contributed by atoms with Crippen LogP contribution in [0.25, 0.3) is 0 Å². The molecule has 2 saturated heterocycles. The van der Waals surface area contributed by atoms with E-state index in [-0.39, 0.29) is 17.3 Å². The standard InChI is InChI=1S/C17H19NO3.C10H14N2/c1-18-7-6-17-10-3-5-13(20)16(17)21-15-12(19)4-2-9(14(15)17)8-11(10)18;1-12-7-3-5-10(12)9-4-2-6-11-8-9/h2-5,10-11,13,16,19-20H,6-8H2,1H3;2,4,6,8,10H,3,5,7H2,1H3/t10-,11+,13-,16-,17-;/m0./s1. The van der Waals surface area contributed by atoms with Gasteiger partial charge in [0.25, 0.3) is 0 Å². The first-order valence-corrected chi connectivity index (χ1v) is 12.2. The first-order valence-electron chi connectivity index (χ1n) is 12.2. The minimum atomic E-state index is -0.594. The third-order valence-corrected chi connectivity index (χ3v) is 8.74. The summed E-state index contributed by atoms with van der Waals surface area (Å²) in [5.74, 6) is 1.19. The zero-order valence-corrected chi connectivity index (χ0v) is 19.4. The molecule has 2 fully saturated rings. The van der Waals surface area contributed by atoms with Crippen molar-refractivity contribution in [3.05, 3.63) is 65.5 Å². The number of benzene rings is 1. The van der Waals surface area contributed by atoms with E-state index >= 15 is 0 Å². The molecule has 6 heteroatoms. The number of likely N-dealkylation sites (tertiary alicyclic amines) is 2. The van der Waals surface area contributed by atoms with Gasteiger partial charge in [-0.25, -0.2) is 0 Å². The number of likely N-dealkylation sites (N-methyl/N-ethyl adjacent to an activating group) is 1. The van der Waals surface area contributed by atoms with Crippen LogP contribution in [0.4, 0.5) is 0 Å². The van der Waals surface area contributed by atoms with E-state index in [1.165, 1.54) is 36.1 Å². The predicted molar refractivity (Wildman–Crippen MR) is 126 cm³/mol. The van der Waals surface area contributed by atoms with Crippen molar-refractivity contribution in [2.45, 2.75) is 55.4 Å². The molecule has 5 aliphatic rings. The molecular weight excluding hydrogens is 414 g/mol.